The Balaban J connectivity index is 1.42. The summed E-state index contributed by atoms with van der Waals surface area (Å²) in [6, 6.07) is 20.1. The molecule has 8 heteroatoms. The zero-order chi connectivity index (χ0) is 21.6. The quantitative estimate of drug-likeness (QED) is 0.395. The highest BCUT2D eigenvalue weighted by Crippen LogP contribution is 2.19. The van der Waals surface area contributed by atoms with Crippen molar-refractivity contribution in [2.24, 2.45) is 0 Å². The maximum Gasteiger partial charge on any atom is 0.291 e. The molecule has 0 atom stereocenters. The van der Waals surface area contributed by atoms with E-state index in [0.29, 0.717) is 27.5 Å². The first-order valence-electron chi connectivity index (χ1n) is 9.30. The first-order valence-corrected chi connectivity index (χ1v) is 10.2. The van der Waals surface area contributed by atoms with E-state index in [9.17, 15) is 14.4 Å². The number of amides is 3. The predicted octanol–water partition coefficient (Wildman–Crippen LogP) is 5.10. The maximum atomic E-state index is 12.7. The van der Waals surface area contributed by atoms with Crippen molar-refractivity contribution in [2.45, 2.75) is 0 Å². The van der Waals surface area contributed by atoms with Crippen molar-refractivity contribution in [3.63, 3.8) is 0 Å². The summed E-state index contributed by atoms with van der Waals surface area (Å²) in [4.78, 5) is 37.6. The molecule has 0 radical (unpaired) electrons. The molecule has 3 amide bonds. The highest BCUT2D eigenvalue weighted by molar-refractivity contribution is 7.12. The van der Waals surface area contributed by atoms with E-state index in [0.717, 1.165) is 0 Å². The fourth-order valence-electron chi connectivity index (χ4n) is 2.82. The summed E-state index contributed by atoms with van der Waals surface area (Å²) in [7, 11) is 0. The van der Waals surface area contributed by atoms with Crippen molar-refractivity contribution in [3.8, 4) is 0 Å². The van der Waals surface area contributed by atoms with Crippen LogP contribution in [0.15, 0.2) is 88.9 Å². The summed E-state index contributed by atoms with van der Waals surface area (Å²) < 4.78 is 5.07. The van der Waals surface area contributed by atoms with Crippen molar-refractivity contribution < 1.29 is 18.8 Å². The van der Waals surface area contributed by atoms with E-state index >= 15 is 0 Å². The highest BCUT2D eigenvalue weighted by atomic mass is 32.1. The molecule has 4 rings (SSSR count). The summed E-state index contributed by atoms with van der Waals surface area (Å²) in [5, 5.41) is 10.1. The van der Waals surface area contributed by atoms with Crippen LogP contribution in [0.4, 0.5) is 17.1 Å². The van der Waals surface area contributed by atoms with Crippen LogP contribution in [-0.2, 0) is 0 Å². The Morgan fingerprint density at radius 3 is 2.03 bits per heavy atom. The number of anilines is 3. The van der Waals surface area contributed by atoms with Crippen molar-refractivity contribution in [2.75, 3.05) is 16.0 Å². The lowest BCUT2D eigenvalue weighted by Gasteiger charge is -2.10. The number of benzene rings is 2. The Labute approximate surface area is 181 Å². The van der Waals surface area contributed by atoms with Gasteiger partial charge in [-0.3, -0.25) is 14.4 Å². The lowest BCUT2D eigenvalue weighted by atomic mass is 10.1. The van der Waals surface area contributed by atoms with Gasteiger partial charge in [0, 0.05) is 22.6 Å². The normalized spacial score (nSPS) is 10.3. The molecule has 0 spiro atoms. The number of hydrogen-bond acceptors (Lipinski definition) is 5. The van der Waals surface area contributed by atoms with Gasteiger partial charge in [0.1, 0.15) is 0 Å². The molecular formula is C23H17N3O4S. The number of thiophene rings is 1. The van der Waals surface area contributed by atoms with E-state index < -0.39 is 5.91 Å². The average Bonchev–Trinajstić information content (AvgIpc) is 3.48. The Hall–Kier alpha value is -4.17. The van der Waals surface area contributed by atoms with Crippen LogP contribution < -0.4 is 16.0 Å². The lowest BCUT2D eigenvalue weighted by molar-refractivity contribution is 0.0992. The fraction of sp³-hybridized carbons (Fsp3) is 0. The molecule has 0 bridgehead atoms. The summed E-state index contributed by atoms with van der Waals surface area (Å²) in [6.45, 7) is 0. The van der Waals surface area contributed by atoms with Gasteiger partial charge in [-0.1, -0.05) is 18.2 Å². The van der Waals surface area contributed by atoms with Crippen LogP contribution >= 0.6 is 11.3 Å². The number of nitrogens with one attached hydrogen (secondary N) is 3. The van der Waals surface area contributed by atoms with Crippen LogP contribution in [0.25, 0.3) is 0 Å². The molecule has 0 unspecified atom stereocenters. The molecule has 0 aliphatic carbocycles. The Morgan fingerprint density at radius 2 is 1.35 bits per heavy atom. The van der Waals surface area contributed by atoms with Crippen molar-refractivity contribution in [1.82, 2.24) is 0 Å². The number of rotatable bonds is 6. The number of carbonyl (C=O) groups excluding carboxylic acids is 3. The van der Waals surface area contributed by atoms with E-state index in [1.54, 1.807) is 72.8 Å². The first kappa shape index (κ1) is 20.1. The second-order valence-corrected chi connectivity index (χ2v) is 7.43. The molecule has 31 heavy (non-hydrogen) atoms. The number of carbonyl (C=O) groups is 3. The molecule has 0 aliphatic heterocycles. The molecule has 2 heterocycles. The van der Waals surface area contributed by atoms with Gasteiger partial charge in [-0.2, -0.15) is 0 Å². The van der Waals surface area contributed by atoms with Gasteiger partial charge < -0.3 is 20.4 Å². The Morgan fingerprint density at radius 1 is 0.677 bits per heavy atom. The Kier molecular flexibility index (Phi) is 5.91. The minimum absolute atomic E-state index is 0.177. The van der Waals surface area contributed by atoms with Gasteiger partial charge in [-0.25, -0.2) is 0 Å². The van der Waals surface area contributed by atoms with E-state index in [2.05, 4.69) is 16.0 Å². The van der Waals surface area contributed by atoms with Crippen LogP contribution in [0.2, 0.25) is 0 Å². The molecule has 3 N–H and O–H groups in total. The van der Waals surface area contributed by atoms with Crippen LogP contribution in [0.1, 0.15) is 30.6 Å². The third-order valence-corrected chi connectivity index (χ3v) is 5.12. The van der Waals surface area contributed by atoms with Crippen LogP contribution in [0.3, 0.4) is 0 Å². The lowest BCUT2D eigenvalue weighted by Crippen LogP contribution is -2.15. The van der Waals surface area contributed by atoms with Crippen molar-refractivity contribution >= 4 is 46.1 Å². The molecule has 0 aliphatic rings. The summed E-state index contributed by atoms with van der Waals surface area (Å²) in [5.74, 6) is -0.790. The largest absolute Gasteiger partial charge is 0.459 e. The monoisotopic (exact) mass is 431 g/mol. The highest BCUT2D eigenvalue weighted by Gasteiger charge is 2.12. The minimum Gasteiger partial charge on any atom is -0.459 e. The molecule has 2 aromatic heterocycles. The van der Waals surface area contributed by atoms with E-state index in [1.165, 1.54) is 17.6 Å². The molecule has 4 aromatic rings. The molecule has 154 valence electrons. The molecular weight excluding hydrogens is 414 g/mol. The van der Waals surface area contributed by atoms with E-state index in [-0.39, 0.29) is 17.6 Å². The fourth-order valence-corrected chi connectivity index (χ4v) is 3.44. The zero-order valence-electron chi connectivity index (χ0n) is 16.1. The summed E-state index contributed by atoms with van der Waals surface area (Å²) in [5.41, 5.74) is 1.92. The van der Waals surface area contributed by atoms with Gasteiger partial charge in [0.15, 0.2) is 5.76 Å². The molecule has 7 nitrogen and oxygen atoms in total. The second-order valence-electron chi connectivity index (χ2n) is 6.48. The maximum absolute atomic E-state index is 12.7. The number of furan rings is 1. The van der Waals surface area contributed by atoms with Crippen LogP contribution in [0.5, 0.6) is 0 Å². The van der Waals surface area contributed by atoms with Crippen molar-refractivity contribution in [1.29, 1.82) is 0 Å². The van der Waals surface area contributed by atoms with Crippen molar-refractivity contribution in [3.05, 3.63) is 101 Å². The topological polar surface area (TPSA) is 100 Å². The molecule has 0 saturated heterocycles. The standard InChI is InChI=1S/C23H17N3O4S/c27-21(15-5-1-6-16(13-15)25-22(28)19-9-3-11-30-19)24-17-7-2-8-18(14-17)26-23(29)20-10-4-12-31-20/h1-14H,(H,24,27)(H,25,28)(H,26,29). The first-order chi connectivity index (χ1) is 15.1. The van der Waals surface area contributed by atoms with E-state index in [1.807, 2.05) is 5.38 Å². The van der Waals surface area contributed by atoms with E-state index in [4.69, 9.17) is 4.42 Å². The molecule has 2 aromatic carbocycles. The predicted molar refractivity (Wildman–Crippen MR) is 120 cm³/mol. The average molecular weight is 431 g/mol. The van der Waals surface area contributed by atoms with Crippen LogP contribution in [-0.4, -0.2) is 17.7 Å². The summed E-state index contributed by atoms with van der Waals surface area (Å²) in [6.07, 6.45) is 1.41. The number of hydrogen-bond donors (Lipinski definition) is 3. The summed E-state index contributed by atoms with van der Waals surface area (Å²) >= 11 is 1.35. The molecule has 0 fully saturated rings. The Bertz CT molecular complexity index is 1220. The third-order valence-electron chi connectivity index (χ3n) is 4.25. The van der Waals surface area contributed by atoms with Gasteiger partial charge in [0.05, 0.1) is 11.1 Å². The van der Waals surface area contributed by atoms with Gasteiger partial charge in [0.2, 0.25) is 0 Å². The van der Waals surface area contributed by atoms with Gasteiger partial charge in [0.25, 0.3) is 17.7 Å². The zero-order valence-corrected chi connectivity index (χ0v) is 16.9. The van der Waals surface area contributed by atoms with Gasteiger partial charge >= 0.3 is 0 Å². The smallest absolute Gasteiger partial charge is 0.291 e. The van der Waals surface area contributed by atoms with Gasteiger partial charge in [-0.15, -0.1) is 11.3 Å². The second kappa shape index (κ2) is 9.10. The third kappa shape index (κ3) is 5.06. The van der Waals surface area contributed by atoms with Crippen LogP contribution in [0, 0.1) is 0 Å². The SMILES string of the molecule is O=C(Nc1cccc(NC(=O)c2cccs2)c1)c1cccc(NC(=O)c2ccco2)c1. The minimum atomic E-state index is -0.406. The molecule has 0 saturated carbocycles. The van der Waals surface area contributed by atoms with Gasteiger partial charge in [-0.05, 0) is 60.0 Å².